The molecule has 174 valence electrons. The van der Waals surface area contributed by atoms with E-state index >= 15 is 0 Å². The summed E-state index contributed by atoms with van der Waals surface area (Å²) in [5, 5.41) is 17.5. The Hall–Kier alpha value is -2.69. The largest absolute Gasteiger partial charge is 0.480 e. The number of hydrogen-bond acceptors (Lipinski definition) is 6. The summed E-state index contributed by atoms with van der Waals surface area (Å²) in [5.41, 5.74) is 5.06. The van der Waals surface area contributed by atoms with Gasteiger partial charge in [0.15, 0.2) is 0 Å². The molecule has 0 radical (unpaired) electrons. The number of carbonyl (C=O) groups excluding carboxylic acids is 4. The van der Waals surface area contributed by atoms with E-state index in [1.165, 1.54) is 4.90 Å². The quantitative estimate of drug-likeness (QED) is 0.282. The average Bonchev–Trinajstić information content (AvgIpc) is 3.37. The standard InChI is InChI=1S/C20H33N5O6/c1-11(2)9-13(23-17(27)12-5-3-7-22-12)19(29)25-8-4-6-15(25)18(28)24-14(20(30)31)10-16(21)26/h11-15,22H,3-10H2,1-2H3,(H2,21,26)(H,23,27)(H,24,28)(H,30,31). The van der Waals surface area contributed by atoms with Crippen molar-refractivity contribution >= 4 is 29.6 Å². The van der Waals surface area contributed by atoms with Gasteiger partial charge in [0.2, 0.25) is 23.6 Å². The molecule has 0 aromatic carbocycles. The van der Waals surface area contributed by atoms with E-state index in [1.807, 2.05) is 13.8 Å². The van der Waals surface area contributed by atoms with Crippen LogP contribution in [0.3, 0.4) is 0 Å². The molecule has 0 bridgehead atoms. The van der Waals surface area contributed by atoms with Gasteiger partial charge in [0.1, 0.15) is 18.1 Å². The summed E-state index contributed by atoms with van der Waals surface area (Å²) < 4.78 is 0. The zero-order valence-corrected chi connectivity index (χ0v) is 18.1. The van der Waals surface area contributed by atoms with Crippen molar-refractivity contribution in [1.29, 1.82) is 0 Å². The first-order valence-corrected chi connectivity index (χ1v) is 10.8. The third-order valence-corrected chi connectivity index (χ3v) is 5.56. The van der Waals surface area contributed by atoms with E-state index < -0.39 is 42.3 Å². The lowest BCUT2D eigenvalue weighted by atomic mass is 10.0. The molecule has 0 aliphatic carbocycles. The highest BCUT2D eigenvalue weighted by Crippen LogP contribution is 2.21. The van der Waals surface area contributed by atoms with Crippen molar-refractivity contribution in [3.05, 3.63) is 0 Å². The van der Waals surface area contributed by atoms with Crippen molar-refractivity contribution in [1.82, 2.24) is 20.9 Å². The zero-order valence-electron chi connectivity index (χ0n) is 18.1. The highest BCUT2D eigenvalue weighted by molar-refractivity contribution is 5.95. The van der Waals surface area contributed by atoms with Gasteiger partial charge in [0, 0.05) is 6.54 Å². The monoisotopic (exact) mass is 439 g/mol. The van der Waals surface area contributed by atoms with Gasteiger partial charge in [-0.15, -0.1) is 0 Å². The number of primary amides is 1. The second kappa shape index (κ2) is 11.1. The van der Waals surface area contributed by atoms with E-state index in [0.717, 1.165) is 13.0 Å². The highest BCUT2D eigenvalue weighted by atomic mass is 16.4. The summed E-state index contributed by atoms with van der Waals surface area (Å²) in [6.45, 7) is 4.97. The summed E-state index contributed by atoms with van der Waals surface area (Å²) >= 11 is 0. The van der Waals surface area contributed by atoms with Crippen LogP contribution >= 0.6 is 0 Å². The lowest BCUT2D eigenvalue weighted by Gasteiger charge is -2.30. The van der Waals surface area contributed by atoms with Crippen LogP contribution in [0.15, 0.2) is 0 Å². The molecular weight excluding hydrogens is 406 g/mol. The summed E-state index contributed by atoms with van der Waals surface area (Å²) in [6.07, 6.45) is 2.42. The second-order valence-corrected chi connectivity index (χ2v) is 8.60. The predicted molar refractivity (Wildman–Crippen MR) is 111 cm³/mol. The maximum absolute atomic E-state index is 13.3. The summed E-state index contributed by atoms with van der Waals surface area (Å²) in [6, 6.07) is -3.42. The van der Waals surface area contributed by atoms with Gasteiger partial charge in [-0.25, -0.2) is 4.79 Å². The average molecular weight is 440 g/mol. The number of hydrogen-bond donors (Lipinski definition) is 5. The smallest absolute Gasteiger partial charge is 0.326 e. The van der Waals surface area contributed by atoms with Crippen LogP contribution in [0.25, 0.3) is 0 Å². The van der Waals surface area contributed by atoms with Crippen molar-refractivity contribution < 1.29 is 29.1 Å². The normalized spacial score (nSPS) is 22.7. The van der Waals surface area contributed by atoms with Gasteiger partial charge in [-0.3, -0.25) is 19.2 Å². The maximum atomic E-state index is 13.3. The molecule has 6 N–H and O–H groups in total. The van der Waals surface area contributed by atoms with Crippen LogP contribution in [-0.2, 0) is 24.0 Å². The minimum absolute atomic E-state index is 0.132. The number of aliphatic carboxylic acids is 1. The van der Waals surface area contributed by atoms with Crippen molar-refractivity contribution in [2.45, 2.75) is 76.5 Å². The molecule has 2 rings (SSSR count). The summed E-state index contributed by atoms with van der Waals surface area (Å²) in [5.74, 6) is -3.34. The van der Waals surface area contributed by atoms with Crippen molar-refractivity contribution in [3.63, 3.8) is 0 Å². The van der Waals surface area contributed by atoms with E-state index in [-0.39, 0.29) is 23.8 Å². The van der Waals surface area contributed by atoms with E-state index in [0.29, 0.717) is 32.2 Å². The number of carbonyl (C=O) groups is 5. The number of carboxylic acids is 1. The third kappa shape index (κ3) is 6.91. The summed E-state index contributed by atoms with van der Waals surface area (Å²) in [7, 11) is 0. The summed E-state index contributed by atoms with van der Waals surface area (Å²) in [4.78, 5) is 62.3. The van der Waals surface area contributed by atoms with Gasteiger partial charge in [0.05, 0.1) is 12.5 Å². The number of nitrogens with zero attached hydrogens (tertiary/aromatic N) is 1. The molecular formula is C20H33N5O6. The first kappa shape index (κ1) is 24.6. The van der Waals surface area contributed by atoms with Gasteiger partial charge < -0.3 is 31.7 Å². The van der Waals surface area contributed by atoms with Gasteiger partial charge in [0.25, 0.3) is 0 Å². The van der Waals surface area contributed by atoms with Crippen molar-refractivity contribution in [2.75, 3.05) is 13.1 Å². The maximum Gasteiger partial charge on any atom is 0.326 e. The van der Waals surface area contributed by atoms with E-state index in [9.17, 15) is 29.1 Å². The lowest BCUT2D eigenvalue weighted by Crippen LogP contribution is -2.57. The zero-order chi connectivity index (χ0) is 23.1. The molecule has 4 atom stereocenters. The van der Waals surface area contributed by atoms with Crippen molar-refractivity contribution in [3.8, 4) is 0 Å². The van der Waals surface area contributed by atoms with Crippen LogP contribution in [-0.4, -0.2) is 76.9 Å². The second-order valence-electron chi connectivity index (χ2n) is 8.60. The van der Waals surface area contributed by atoms with Gasteiger partial charge in [-0.05, 0) is 44.6 Å². The van der Waals surface area contributed by atoms with Gasteiger partial charge in [-0.1, -0.05) is 13.8 Å². The first-order valence-electron chi connectivity index (χ1n) is 10.8. The topological polar surface area (TPSA) is 171 Å². The van der Waals surface area contributed by atoms with E-state index in [1.54, 1.807) is 0 Å². The molecule has 0 saturated carbocycles. The number of nitrogens with two attached hydrogens (primary N) is 1. The lowest BCUT2D eigenvalue weighted by molar-refractivity contribution is -0.146. The Kier molecular flexibility index (Phi) is 8.78. The van der Waals surface area contributed by atoms with Crippen LogP contribution < -0.4 is 21.7 Å². The SMILES string of the molecule is CC(C)CC(NC(=O)C1CCCN1)C(=O)N1CCCC1C(=O)NC(CC(N)=O)C(=O)O. The molecule has 31 heavy (non-hydrogen) atoms. The van der Waals surface area contributed by atoms with Crippen LogP contribution in [0.5, 0.6) is 0 Å². The molecule has 2 heterocycles. The molecule has 4 amide bonds. The highest BCUT2D eigenvalue weighted by Gasteiger charge is 2.39. The molecule has 0 aromatic heterocycles. The van der Waals surface area contributed by atoms with Gasteiger partial charge in [-0.2, -0.15) is 0 Å². The molecule has 2 saturated heterocycles. The Morgan fingerprint density at radius 3 is 2.29 bits per heavy atom. The fourth-order valence-corrected chi connectivity index (χ4v) is 4.05. The Morgan fingerprint density at radius 1 is 1.06 bits per heavy atom. The van der Waals surface area contributed by atoms with Gasteiger partial charge >= 0.3 is 5.97 Å². The fourth-order valence-electron chi connectivity index (χ4n) is 4.05. The molecule has 11 heteroatoms. The number of carboxylic acid groups (broad SMARTS) is 1. The number of likely N-dealkylation sites (tertiary alicyclic amines) is 1. The predicted octanol–water partition coefficient (Wildman–Crippen LogP) is -1.29. The molecule has 2 aliphatic rings. The van der Waals surface area contributed by atoms with E-state index in [4.69, 9.17) is 5.73 Å². The number of nitrogens with one attached hydrogen (secondary N) is 3. The molecule has 0 aromatic rings. The number of rotatable bonds is 10. The van der Waals surface area contributed by atoms with Crippen LogP contribution in [0.4, 0.5) is 0 Å². The molecule has 4 unspecified atom stereocenters. The minimum atomic E-state index is -1.46. The fraction of sp³-hybridized carbons (Fsp3) is 0.750. The van der Waals surface area contributed by atoms with E-state index in [2.05, 4.69) is 16.0 Å². The van der Waals surface area contributed by atoms with Crippen molar-refractivity contribution in [2.24, 2.45) is 11.7 Å². The molecule has 0 spiro atoms. The Morgan fingerprint density at radius 2 is 1.74 bits per heavy atom. The third-order valence-electron chi connectivity index (χ3n) is 5.56. The number of amides is 4. The Balaban J connectivity index is 2.09. The molecule has 2 fully saturated rings. The molecule has 2 aliphatic heterocycles. The molecule has 11 nitrogen and oxygen atoms in total. The van der Waals surface area contributed by atoms with Crippen LogP contribution in [0, 0.1) is 5.92 Å². The Labute approximate surface area is 181 Å². The minimum Gasteiger partial charge on any atom is -0.480 e. The Bertz CT molecular complexity index is 706. The van der Waals surface area contributed by atoms with Crippen LogP contribution in [0.2, 0.25) is 0 Å². The first-order chi connectivity index (χ1) is 14.6. The van der Waals surface area contributed by atoms with Crippen LogP contribution in [0.1, 0.15) is 52.4 Å².